The summed E-state index contributed by atoms with van der Waals surface area (Å²) in [5.41, 5.74) is 1.75. The number of anilines is 1. The zero-order valence-corrected chi connectivity index (χ0v) is 25.2. The molecule has 13 heteroatoms. The second-order valence-electron chi connectivity index (χ2n) is 10.7. The van der Waals surface area contributed by atoms with Crippen molar-refractivity contribution in [2.24, 2.45) is 5.92 Å². The van der Waals surface area contributed by atoms with Gasteiger partial charge in [-0.05, 0) is 42.7 Å². The summed E-state index contributed by atoms with van der Waals surface area (Å²) in [6.45, 7) is 0.111. The lowest BCUT2D eigenvalue weighted by Gasteiger charge is -2.21. The van der Waals surface area contributed by atoms with Crippen LogP contribution in [0.1, 0.15) is 24.1 Å². The Hall–Kier alpha value is -5.46. The fraction of sp³-hybridized carbons (Fsp3) is 0.281. The molecule has 0 aliphatic carbocycles. The molecule has 4 rings (SSSR count). The number of benzene rings is 1. The maximum absolute atomic E-state index is 14.7. The first kappa shape index (κ1) is 32.5. The van der Waals surface area contributed by atoms with Crippen molar-refractivity contribution in [3.63, 3.8) is 0 Å². The molecule has 0 fully saturated rings. The van der Waals surface area contributed by atoms with Crippen LogP contribution in [-0.4, -0.2) is 75.0 Å². The van der Waals surface area contributed by atoms with Crippen LogP contribution in [0.2, 0.25) is 0 Å². The molecule has 0 spiro atoms. The van der Waals surface area contributed by atoms with Crippen molar-refractivity contribution in [2.45, 2.75) is 26.0 Å². The number of allylic oxidation sites excluding steroid dienone is 1. The summed E-state index contributed by atoms with van der Waals surface area (Å²) in [6, 6.07) is 14.1. The van der Waals surface area contributed by atoms with Crippen molar-refractivity contribution >= 4 is 34.6 Å². The van der Waals surface area contributed by atoms with Gasteiger partial charge in [-0.25, -0.2) is 9.18 Å². The van der Waals surface area contributed by atoms with Crippen LogP contribution in [0.4, 0.5) is 14.9 Å². The number of amides is 3. The number of pyridine rings is 2. The standard InChI is InChI=1S/C32H35FN6O6/c1-37(2)27(40)14-8-7-12-22(18-38(3)32(43)44)30(41)36-25-13-9-15-39(31(25)42)19-23-16-26-28(35-23)29(24(33)17-34-26)45-20-21-10-5-4-6-11-21/h4-6,8-11,13-17,22,35H,7,12,18-20H2,1-3H3,(H,36,41)(H,43,44)/b14-8+/t22-/m0/s1. The first-order valence-electron chi connectivity index (χ1n) is 14.2. The van der Waals surface area contributed by atoms with Crippen LogP contribution in [0, 0.1) is 11.7 Å². The van der Waals surface area contributed by atoms with Gasteiger partial charge in [0.1, 0.15) is 17.8 Å². The Labute approximate surface area is 258 Å². The van der Waals surface area contributed by atoms with Gasteiger partial charge in [0.25, 0.3) is 5.56 Å². The minimum Gasteiger partial charge on any atom is -0.483 e. The Balaban J connectivity index is 1.50. The molecule has 45 heavy (non-hydrogen) atoms. The SMILES string of the molecule is CN(C)C(=O)/C=C/CC[C@@H](CN(C)C(=O)O)C(=O)Nc1cccn(Cc2cc3ncc(F)c(OCc4ccccc4)c3[nH]2)c1=O. The molecule has 0 bridgehead atoms. The summed E-state index contributed by atoms with van der Waals surface area (Å²) in [6.07, 6.45) is 5.03. The zero-order valence-electron chi connectivity index (χ0n) is 25.2. The number of hydrogen-bond donors (Lipinski definition) is 3. The highest BCUT2D eigenvalue weighted by atomic mass is 19.1. The van der Waals surface area contributed by atoms with E-state index in [9.17, 15) is 28.7 Å². The number of aromatic amines is 1. The van der Waals surface area contributed by atoms with E-state index < -0.39 is 29.3 Å². The average Bonchev–Trinajstić information content (AvgIpc) is 3.42. The number of aromatic nitrogens is 3. The molecular weight excluding hydrogens is 583 g/mol. The van der Waals surface area contributed by atoms with E-state index in [2.05, 4.69) is 15.3 Å². The highest BCUT2D eigenvalue weighted by Gasteiger charge is 2.23. The number of halogens is 1. The second-order valence-corrected chi connectivity index (χ2v) is 10.7. The van der Waals surface area contributed by atoms with Gasteiger partial charge in [0.05, 0.1) is 24.2 Å². The van der Waals surface area contributed by atoms with Gasteiger partial charge in [-0.15, -0.1) is 0 Å². The fourth-order valence-corrected chi connectivity index (χ4v) is 4.55. The monoisotopic (exact) mass is 618 g/mol. The van der Waals surface area contributed by atoms with Crippen LogP contribution < -0.4 is 15.6 Å². The van der Waals surface area contributed by atoms with Crippen LogP contribution in [0.5, 0.6) is 5.75 Å². The lowest BCUT2D eigenvalue weighted by Crippen LogP contribution is -2.37. The van der Waals surface area contributed by atoms with E-state index in [0.717, 1.165) is 16.7 Å². The van der Waals surface area contributed by atoms with E-state index in [-0.39, 0.29) is 43.5 Å². The number of likely N-dealkylation sites (N-methyl/N-ethyl adjacent to an activating group) is 1. The van der Waals surface area contributed by atoms with Gasteiger partial charge in [0, 0.05) is 39.6 Å². The van der Waals surface area contributed by atoms with Crippen molar-refractivity contribution in [3.05, 3.63) is 101 Å². The first-order chi connectivity index (χ1) is 21.5. The predicted molar refractivity (Wildman–Crippen MR) is 166 cm³/mol. The molecule has 0 saturated heterocycles. The minimum absolute atomic E-state index is 0.0102. The fourth-order valence-electron chi connectivity index (χ4n) is 4.55. The van der Waals surface area contributed by atoms with Gasteiger partial charge in [0.15, 0.2) is 11.6 Å². The van der Waals surface area contributed by atoms with Crippen molar-refractivity contribution < 1.29 is 28.6 Å². The van der Waals surface area contributed by atoms with Crippen molar-refractivity contribution in [1.82, 2.24) is 24.3 Å². The number of fused-ring (bicyclic) bond motifs is 1. The molecule has 0 saturated carbocycles. The number of carbonyl (C=O) groups excluding carboxylic acids is 2. The summed E-state index contributed by atoms with van der Waals surface area (Å²) in [4.78, 5) is 59.4. The Morgan fingerprint density at radius 2 is 1.91 bits per heavy atom. The third kappa shape index (κ3) is 8.56. The number of carboxylic acid groups (broad SMARTS) is 1. The van der Waals surface area contributed by atoms with Gasteiger partial charge in [-0.3, -0.25) is 19.4 Å². The van der Waals surface area contributed by atoms with Crippen LogP contribution in [0.25, 0.3) is 11.0 Å². The topological polar surface area (TPSA) is 150 Å². The van der Waals surface area contributed by atoms with E-state index in [1.165, 1.54) is 28.7 Å². The zero-order chi connectivity index (χ0) is 32.5. The smallest absolute Gasteiger partial charge is 0.407 e. The molecule has 1 atom stereocenters. The van der Waals surface area contributed by atoms with E-state index in [1.54, 1.807) is 38.5 Å². The number of H-pyrrole nitrogens is 1. The summed E-state index contributed by atoms with van der Waals surface area (Å²) >= 11 is 0. The van der Waals surface area contributed by atoms with Gasteiger partial charge in [-0.1, -0.05) is 36.4 Å². The number of nitrogens with one attached hydrogen (secondary N) is 2. The molecule has 0 radical (unpaired) electrons. The molecule has 3 heterocycles. The van der Waals surface area contributed by atoms with Gasteiger partial charge < -0.3 is 34.5 Å². The maximum atomic E-state index is 14.7. The van der Waals surface area contributed by atoms with E-state index in [1.807, 2.05) is 30.3 Å². The summed E-state index contributed by atoms with van der Waals surface area (Å²) in [7, 11) is 4.58. The second kappa shape index (κ2) is 14.8. The third-order valence-corrected chi connectivity index (χ3v) is 7.03. The molecule has 0 aliphatic heterocycles. The molecule has 4 aromatic rings. The van der Waals surface area contributed by atoms with Crippen LogP contribution in [0.15, 0.2) is 77.9 Å². The van der Waals surface area contributed by atoms with E-state index >= 15 is 0 Å². The molecule has 0 aliphatic rings. The quantitative estimate of drug-likeness (QED) is 0.191. The first-order valence-corrected chi connectivity index (χ1v) is 14.2. The van der Waals surface area contributed by atoms with Crippen molar-refractivity contribution in [1.29, 1.82) is 0 Å². The maximum Gasteiger partial charge on any atom is 0.407 e. The molecule has 3 amide bonds. The summed E-state index contributed by atoms with van der Waals surface area (Å²) < 4.78 is 21.8. The number of ether oxygens (including phenoxy) is 1. The number of rotatable bonds is 13. The Bertz CT molecular complexity index is 1750. The number of carbonyl (C=O) groups is 3. The summed E-state index contributed by atoms with van der Waals surface area (Å²) in [5.74, 6) is -2.15. The third-order valence-electron chi connectivity index (χ3n) is 7.03. The lowest BCUT2D eigenvalue weighted by molar-refractivity contribution is -0.123. The highest BCUT2D eigenvalue weighted by Crippen LogP contribution is 2.28. The predicted octanol–water partition coefficient (Wildman–Crippen LogP) is 4.08. The summed E-state index contributed by atoms with van der Waals surface area (Å²) in [5, 5.41) is 12.0. The normalized spacial score (nSPS) is 11.8. The highest BCUT2D eigenvalue weighted by molar-refractivity contribution is 5.92. The van der Waals surface area contributed by atoms with Crippen molar-refractivity contribution in [3.8, 4) is 5.75 Å². The lowest BCUT2D eigenvalue weighted by atomic mass is 10.0. The molecule has 3 N–H and O–H groups in total. The molecule has 236 valence electrons. The Morgan fingerprint density at radius 3 is 2.62 bits per heavy atom. The molecule has 0 unspecified atom stereocenters. The molecular formula is C32H35FN6O6. The Morgan fingerprint density at radius 1 is 1.16 bits per heavy atom. The Kier molecular flexibility index (Phi) is 10.7. The van der Waals surface area contributed by atoms with E-state index in [0.29, 0.717) is 23.1 Å². The van der Waals surface area contributed by atoms with Crippen LogP contribution in [-0.2, 0) is 22.7 Å². The number of nitrogens with zero attached hydrogens (tertiary/aromatic N) is 4. The largest absolute Gasteiger partial charge is 0.483 e. The van der Waals surface area contributed by atoms with Gasteiger partial charge in [0.2, 0.25) is 11.8 Å². The average molecular weight is 619 g/mol. The van der Waals surface area contributed by atoms with Crippen LogP contribution in [0.3, 0.4) is 0 Å². The number of hydrogen-bond acceptors (Lipinski definition) is 6. The van der Waals surface area contributed by atoms with Crippen LogP contribution >= 0.6 is 0 Å². The van der Waals surface area contributed by atoms with Gasteiger partial charge in [-0.2, -0.15) is 0 Å². The van der Waals surface area contributed by atoms with Gasteiger partial charge >= 0.3 is 6.09 Å². The molecule has 1 aromatic carbocycles. The van der Waals surface area contributed by atoms with E-state index in [4.69, 9.17) is 4.74 Å². The minimum atomic E-state index is -1.20. The molecule has 3 aromatic heterocycles. The molecule has 12 nitrogen and oxygen atoms in total. The van der Waals surface area contributed by atoms with Crippen molar-refractivity contribution in [2.75, 3.05) is 33.0 Å².